The average Bonchev–Trinajstić information content (AvgIpc) is 3.11. The van der Waals surface area contributed by atoms with Gasteiger partial charge in [-0.05, 0) is 66.8 Å². The van der Waals surface area contributed by atoms with E-state index in [-0.39, 0.29) is 5.82 Å². The van der Waals surface area contributed by atoms with Gasteiger partial charge in [0.15, 0.2) is 0 Å². The molecule has 4 aromatic rings. The van der Waals surface area contributed by atoms with Gasteiger partial charge in [0.2, 0.25) is 0 Å². The molecule has 1 aliphatic rings. The third kappa shape index (κ3) is 3.42. The summed E-state index contributed by atoms with van der Waals surface area (Å²) in [6.07, 6.45) is 2.38. The Kier molecular flexibility index (Phi) is 4.59. The van der Waals surface area contributed by atoms with Gasteiger partial charge in [0.05, 0.1) is 5.52 Å². The molecule has 0 radical (unpaired) electrons. The van der Waals surface area contributed by atoms with Crippen LogP contribution in [0.4, 0.5) is 4.39 Å². The molecule has 1 aliphatic carbocycles. The summed E-state index contributed by atoms with van der Waals surface area (Å²) in [6, 6.07) is 25.5. The summed E-state index contributed by atoms with van der Waals surface area (Å²) in [5.41, 5.74) is 4.55. The number of hydrogen-bond acceptors (Lipinski definition) is 1. The Morgan fingerprint density at radius 3 is 2.41 bits per heavy atom. The summed E-state index contributed by atoms with van der Waals surface area (Å²) in [6.45, 7) is 2.84. The van der Waals surface area contributed by atoms with E-state index in [0.717, 1.165) is 33.8 Å². The molecule has 1 fully saturated rings. The molecular formula is C26H24FNO. The minimum Gasteiger partial charge on any atom is -0.488 e. The fourth-order valence-corrected chi connectivity index (χ4v) is 4.41. The van der Waals surface area contributed by atoms with Crippen LogP contribution in [-0.4, -0.2) is 4.57 Å². The standard InChI is InChI=1S/C26H24FNO/c1-18-14-20(15-18)25-16-23-24(28(25)22-12-10-21(27)11-13-22)8-5-9-26(23)29-17-19-6-3-2-4-7-19/h2-13,16,18,20H,14-15,17H2,1H3. The van der Waals surface area contributed by atoms with E-state index in [0.29, 0.717) is 12.5 Å². The first-order chi connectivity index (χ1) is 14.2. The number of halogens is 1. The molecule has 1 saturated carbocycles. The maximum Gasteiger partial charge on any atom is 0.129 e. The highest BCUT2D eigenvalue weighted by molar-refractivity contribution is 5.89. The average molecular weight is 385 g/mol. The Labute approximate surface area is 170 Å². The molecular weight excluding hydrogens is 361 g/mol. The first kappa shape index (κ1) is 18.0. The fraction of sp³-hybridized carbons (Fsp3) is 0.231. The van der Waals surface area contributed by atoms with Gasteiger partial charge in [-0.25, -0.2) is 4.39 Å². The van der Waals surface area contributed by atoms with Crippen molar-refractivity contribution < 1.29 is 9.13 Å². The van der Waals surface area contributed by atoms with Crippen LogP contribution in [0.5, 0.6) is 5.75 Å². The first-order valence-corrected chi connectivity index (χ1v) is 10.3. The van der Waals surface area contributed by atoms with Crippen LogP contribution in [0.1, 0.15) is 36.9 Å². The smallest absolute Gasteiger partial charge is 0.129 e. The van der Waals surface area contributed by atoms with Crippen molar-refractivity contribution in [3.05, 3.63) is 95.9 Å². The second-order valence-electron chi connectivity index (χ2n) is 8.12. The molecule has 0 unspecified atom stereocenters. The monoisotopic (exact) mass is 385 g/mol. The minimum atomic E-state index is -0.212. The lowest BCUT2D eigenvalue weighted by Gasteiger charge is -2.33. The largest absolute Gasteiger partial charge is 0.488 e. The summed E-state index contributed by atoms with van der Waals surface area (Å²) in [5, 5.41) is 1.11. The second kappa shape index (κ2) is 7.40. The zero-order valence-electron chi connectivity index (χ0n) is 16.5. The van der Waals surface area contributed by atoms with E-state index in [1.54, 1.807) is 0 Å². The van der Waals surface area contributed by atoms with Gasteiger partial charge in [0.25, 0.3) is 0 Å². The predicted octanol–water partition coefficient (Wildman–Crippen LogP) is 6.86. The van der Waals surface area contributed by atoms with E-state index in [9.17, 15) is 4.39 Å². The number of aromatic nitrogens is 1. The molecule has 1 heterocycles. The van der Waals surface area contributed by atoms with Crippen molar-refractivity contribution in [2.75, 3.05) is 0 Å². The second-order valence-corrected chi connectivity index (χ2v) is 8.12. The Morgan fingerprint density at radius 2 is 1.69 bits per heavy atom. The number of rotatable bonds is 5. The van der Waals surface area contributed by atoms with Crippen molar-refractivity contribution in [3.8, 4) is 11.4 Å². The SMILES string of the molecule is CC1CC(c2cc3c(OCc4ccccc4)cccc3n2-c2ccc(F)cc2)C1. The van der Waals surface area contributed by atoms with Crippen LogP contribution in [0.15, 0.2) is 78.9 Å². The van der Waals surface area contributed by atoms with Gasteiger partial charge in [0, 0.05) is 22.7 Å². The van der Waals surface area contributed by atoms with E-state index in [4.69, 9.17) is 4.74 Å². The van der Waals surface area contributed by atoms with Gasteiger partial charge in [-0.3, -0.25) is 0 Å². The molecule has 0 bridgehead atoms. The van der Waals surface area contributed by atoms with Crippen LogP contribution < -0.4 is 4.74 Å². The molecule has 2 nitrogen and oxygen atoms in total. The molecule has 146 valence electrons. The number of benzene rings is 3. The minimum absolute atomic E-state index is 0.212. The van der Waals surface area contributed by atoms with Crippen LogP contribution in [0.2, 0.25) is 0 Å². The first-order valence-electron chi connectivity index (χ1n) is 10.3. The maximum atomic E-state index is 13.5. The van der Waals surface area contributed by atoms with Gasteiger partial charge in [-0.15, -0.1) is 0 Å². The lowest BCUT2D eigenvalue weighted by Crippen LogP contribution is -2.21. The molecule has 0 N–H and O–H groups in total. The van der Waals surface area contributed by atoms with E-state index in [1.807, 2.05) is 42.5 Å². The summed E-state index contributed by atoms with van der Waals surface area (Å²) >= 11 is 0. The summed E-state index contributed by atoms with van der Waals surface area (Å²) in [4.78, 5) is 0. The molecule has 0 atom stereocenters. The van der Waals surface area contributed by atoms with Gasteiger partial charge >= 0.3 is 0 Å². The number of ether oxygens (including phenoxy) is 1. The van der Waals surface area contributed by atoms with Crippen molar-refractivity contribution in [1.82, 2.24) is 4.57 Å². The van der Waals surface area contributed by atoms with Gasteiger partial charge in [-0.1, -0.05) is 43.3 Å². The number of nitrogens with zero attached hydrogens (tertiary/aromatic N) is 1. The Balaban J connectivity index is 1.58. The van der Waals surface area contributed by atoms with E-state index >= 15 is 0 Å². The third-order valence-corrected chi connectivity index (χ3v) is 5.95. The molecule has 5 rings (SSSR count). The normalized spacial score (nSPS) is 18.6. The lowest BCUT2D eigenvalue weighted by atomic mass is 9.74. The fourth-order valence-electron chi connectivity index (χ4n) is 4.41. The van der Waals surface area contributed by atoms with Crippen LogP contribution >= 0.6 is 0 Å². The van der Waals surface area contributed by atoms with Crippen molar-refractivity contribution in [2.45, 2.75) is 32.3 Å². The van der Waals surface area contributed by atoms with Crippen LogP contribution in [0.25, 0.3) is 16.6 Å². The lowest BCUT2D eigenvalue weighted by molar-refractivity contribution is 0.282. The van der Waals surface area contributed by atoms with Crippen LogP contribution in [0.3, 0.4) is 0 Å². The Bertz CT molecular complexity index is 1120. The molecule has 3 heteroatoms. The molecule has 3 aromatic carbocycles. The summed E-state index contributed by atoms with van der Waals surface area (Å²) < 4.78 is 22.0. The van der Waals surface area contributed by atoms with Gasteiger partial charge in [-0.2, -0.15) is 0 Å². The quantitative estimate of drug-likeness (QED) is 0.366. The molecule has 0 amide bonds. The van der Waals surface area contributed by atoms with E-state index < -0.39 is 0 Å². The Morgan fingerprint density at radius 1 is 0.931 bits per heavy atom. The van der Waals surface area contributed by atoms with Crippen molar-refractivity contribution in [1.29, 1.82) is 0 Å². The molecule has 0 aliphatic heterocycles. The van der Waals surface area contributed by atoms with Crippen molar-refractivity contribution in [3.63, 3.8) is 0 Å². The highest BCUT2D eigenvalue weighted by Gasteiger charge is 2.30. The summed E-state index contributed by atoms with van der Waals surface area (Å²) in [5.74, 6) is 1.97. The molecule has 29 heavy (non-hydrogen) atoms. The highest BCUT2D eigenvalue weighted by atomic mass is 19.1. The van der Waals surface area contributed by atoms with Crippen LogP contribution in [-0.2, 0) is 6.61 Å². The highest BCUT2D eigenvalue weighted by Crippen LogP contribution is 2.45. The predicted molar refractivity (Wildman–Crippen MR) is 115 cm³/mol. The zero-order chi connectivity index (χ0) is 19.8. The van der Waals surface area contributed by atoms with Crippen LogP contribution in [0, 0.1) is 11.7 Å². The zero-order valence-corrected chi connectivity index (χ0v) is 16.5. The van der Waals surface area contributed by atoms with Crippen molar-refractivity contribution >= 4 is 10.9 Å². The maximum absolute atomic E-state index is 13.5. The van der Waals surface area contributed by atoms with Gasteiger partial charge < -0.3 is 9.30 Å². The molecule has 1 aromatic heterocycles. The van der Waals surface area contributed by atoms with E-state index in [2.05, 4.69) is 35.8 Å². The third-order valence-electron chi connectivity index (χ3n) is 5.95. The number of hydrogen-bond donors (Lipinski definition) is 0. The van der Waals surface area contributed by atoms with Crippen molar-refractivity contribution in [2.24, 2.45) is 5.92 Å². The topological polar surface area (TPSA) is 14.2 Å². The molecule has 0 saturated heterocycles. The number of fused-ring (bicyclic) bond motifs is 1. The Hall–Kier alpha value is -3.07. The molecule has 0 spiro atoms. The van der Waals surface area contributed by atoms with E-state index in [1.165, 1.54) is 30.7 Å². The summed E-state index contributed by atoms with van der Waals surface area (Å²) in [7, 11) is 0. The van der Waals surface area contributed by atoms with Gasteiger partial charge in [0.1, 0.15) is 18.2 Å².